The van der Waals surface area contributed by atoms with Crippen LogP contribution in [0.3, 0.4) is 0 Å². The van der Waals surface area contributed by atoms with Crippen LogP contribution < -0.4 is 15.0 Å². The fraction of sp³-hybridized carbons (Fsp3) is 0.333. The Morgan fingerprint density at radius 2 is 1.93 bits per heavy atom. The Morgan fingerprint density at radius 3 is 2.62 bits per heavy atom. The van der Waals surface area contributed by atoms with Crippen molar-refractivity contribution in [3.8, 4) is 11.8 Å². The van der Waals surface area contributed by atoms with E-state index in [2.05, 4.69) is 37.1 Å². The number of alkyl halides is 2. The molecule has 0 bridgehead atoms. The Kier molecular flexibility index (Phi) is 7.39. The zero-order valence-electron chi connectivity index (χ0n) is 22.6. The predicted octanol–water partition coefficient (Wildman–Crippen LogP) is 5.42. The van der Waals surface area contributed by atoms with Crippen molar-refractivity contribution in [2.45, 2.75) is 45.4 Å². The van der Waals surface area contributed by atoms with Gasteiger partial charge in [0.1, 0.15) is 17.9 Å². The average Bonchev–Trinajstić information content (AvgIpc) is 3.37. The Morgan fingerprint density at radius 1 is 1.15 bits per heavy atom. The van der Waals surface area contributed by atoms with E-state index >= 15 is 0 Å². The molecule has 1 N–H and O–H groups in total. The third-order valence-corrected chi connectivity index (χ3v) is 7.38. The number of carbonyl (C=O) groups is 1. The number of hydrogen-bond donors (Lipinski definition) is 1. The van der Waals surface area contributed by atoms with Gasteiger partial charge in [-0.1, -0.05) is 24.3 Å². The summed E-state index contributed by atoms with van der Waals surface area (Å²) in [6.07, 6.45) is 4.39. The first-order chi connectivity index (χ1) is 19.1. The van der Waals surface area contributed by atoms with Gasteiger partial charge in [-0.2, -0.15) is 14.0 Å². The van der Waals surface area contributed by atoms with Crippen molar-refractivity contribution < 1.29 is 18.3 Å². The van der Waals surface area contributed by atoms with Crippen molar-refractivity contribution in [2.75, 3.05) is 24.5 Å². The van der Waals surface area contributed by atoms with E-state index in [9.17, 15) is 13.6 Å². The van der Waals surface area contributed by atoms with Crippen LogP contribution in [0.25, 0.3) is 11.6 Å². The van der Waals surface area contributed by atoms with Crippen LogP contribution in [0.1, 0.15) is 54.8 Å². The number of benzene rings is 2. The van der Waals surface area contributed by atoms with Gasteiger partial charge in [-0.15, -0.1) is 0 Å². The Hall–Kier alpha value is -4.52. The molecule has 1 aliphatic carbocycles. The van der Waals surface area contributed by atoms with Gasteiger partial charge in [-0.25, -0.2) is 14.8 Å². The van der Waals surface area contributed by atoms with Gasteiger partial charge in [-0.05, 0) is 67.8 Å². The molecule has 2 aliphatic rings. The van der Waals surface area contributed by atoms with Crippen molar-refractivity contribution in [1.29, 1.82) is 5.26 Å². The number of allylic oxidation sites excluding steroid dienone is 1. The summed E-state index contributed by atoms with van der Waals surface area (Å²) in [6, 6.07) is 15.4. The fourth-order valence-electron chi connectivity index (χ4n) is 5.33. The van der Waals surface area contributed by atoms with E-state index in [0.717, 1.165) is 28.2 Å². The third kappa shape index (κ3) is 5.59. The van der Waals surface area contributed by atoms with E-state index in [1.54, 1.807) is 23.4 Å². The van der Waals surface area contributed by atoms with Crippen molar-refractivity contribution in [3.05, 3.63) is 82.8 Å². The van der Waals surface area contributed by atoms with Crippen molar-refractivity contribution in [3.63, 3.8) is 0 Å². The molecule has 1 saturated heterocycles. The molecular weight excluding hydrogens is 514 g/mol. The summed E-state index contributed by atoms with van der Waals surface area (Å²) in [6.45, 7) is 4.56. The van der Waals surface area contributed by atoms with E-state index < -0.39 is 18.2 Å². The van der Waals surface area contributed by atoms with Crippen molar-refractivity contribution in [1.82, 2.24) is 20.2 Å². The molecule has 0 radical (unpaired) electrons. The fourth-order valence-corrected chi connectivity index (χ4v) is 5.33. The van der Waals surface area contributed by atoms with Gasteiger partial charge in [-0.3, -0.25) is 0 Å². The van der Waals surface area contributed by atoms with Crippen LogP contribution in [0.2, 0.25) is 0 Å². The number of nitrogens with zero attached hydrogens (tertiary/aromatic N) is 5. The van der Waals surface area contributed by atoms with E-state index in [1.807, 2.05) is 45.0 Å². The van der Waals surface area contributed by atoms with Crippen LogP contribution >= 0.6 is 0 Å². The summed E-state index contributed by atoms with van der Waals surface area (Å²) in [4.78, 5) is 26.5. The molecule has 1 aliphatic heterocycles. The molecule has 206 valence electrons. The molecule has 10 heteroatoms. The topological polar surface area (TPSA) is 94.4 Å². The summed E-state index contributed by atoms with van der Waals surface area (Å²) < 4.78 is 29.7. The van der Waals surface area contributed by atoms with Crippen LogP contribution in [0.5, 0.6) is 5.75 Å². The number of ether oxygens (including phenoxy) is 1. The molecule has 40 heavy (non-hydrogen) atoms. The number of aromatic nitrogens is 2. The molecule has 1 fully saturated rings. The largest absolute Gasteiger partial charge is 0.435 e. The van der Waals surface area contributed by atoms with Crippen molar-refractivity contribution in [2.24, 2.45) is 0 Å². The maximum Gasteiger partial charge on any atom is 0.387 e. The lowest BCUT2D eigenvalue weighted by Crippen LogP contribution is -2.63. The second-order valence-corrected chi connectivity index (χ2v) is 10.6. The molecule has 2 aromatic carbocycles. The second kappa shape index (κ2) is 10.9. The molecule has 2 heterocycles. The number of hydrogen-bond acceptors (Lipinski definition) is 6. The number of nitriles is 1. The second-order valence-electron chi connectivity index (χ2n) is 10.6. The lowest BCUT2D eigenvalue weighted by atomic mass is 9.98. The standard InChI is InChI=1S/C30H30F2N6O2/c1-19(22-5-4-6-24(13-22)40-28(31)32)36-29(39)38-12-11-37(17-30(38,2)3)27-25-14-23(15-26(25)34-18-35-27)21-9-7-20(16-33)8-10-21/h4-10,13-14,18-19,28H,11-12,15,17H2,1-3H3,(H,36,39)/t19-/m0/s1. The normalized spacial score (nSPS) is 16.7. The number of halogens is 2. The van der Waals surface area contributed by atoms with Gasteiger partial charge < -0.3 is 19.9 Å². The summed E-state index contributed by atoms with van der Waals surface area (Å²) in [7, 11) is 0. The summed E-state index contributed by atoms with van der Waals surface area (Å²) in [5.74, 6) is 0.891. The van der Waals surface area contributed by atoms with Crippen LogP contribution in [0.15, 0.2) is 54.9 Å². The highest BCUT2D eigenvalue weighted by molar-refractivity contribution is 5.91. The van der Waals surface area contributed by atoms with Gasteiger partial charge in [0, 0.05) is 31.6 Å². The zero-order chi connectivity index (χ0) is 28.4. The molecule has 3 aromatic rings. The first-order valence-electron chi connectivity index (χ1n) is 13.1. The number of rotatable bonds is 6. The molecule has 0 spiro atoms. The third-order valence-electron chi connectivity index (χ3n) is 7.38. The molecular formula is C30H30F2N6O2. The SMILES string of the molecule is C[C@H](NC(=O)N1CCN(c2ncnc3c2C=C(c2ccc(C#N)cc2)C3)CC1(C)C)c1cccc(OC(F)F)c1. The van der Waals surface area contributed by atoms with Crippen molar-refractivity contribution >= 4 is 23.5 Å². The van der Waals surface area contributed by atoms with E-state index in [1.165, 1.54) is 12.1 Å². The van der Waals surface area contributed by atoms with E-state index in [-0.39, 0.29) is 11.8 Å². The van der Waals surface area contributed by atoms with Crippen LogP contribution in [0, 0.1) is 11.3 Å². The van der Waals surface area contributed by atoms with Gasteiger partial charge in [0.2, 0.25) is 0 Å². The molecule has 8 nitrogen and oxygen atoms in total. The maximum absolute atomic E-state index is 13.3. The number of fused-ring (bicyclic) bond motifs is 1. The number of nitrogens with one attached hydrogen (secondary N) is 1. The number of piperazine rings is 1. The quantitative estimate of drug-likeness (QED) is 0.446. The van der Waals surface area contributed by atoms with Crippen LogP contribution in [-0.4, -0.2) is 52.7 Å². The molecule has 0 saturated carbocycles. The maximum atomic E-state index is 13.3. The monoisotopic (exact) mass is 544 g/mol. The molecule has 2 amide bonds. The number of anilines is 1. The first kappa shape index (κ1) is 27.1. The molecule has 1 aromatic heterocycles. The minimum atomic E-state index is -2.91. The number of amides is 2. The highest BCUT2D eigenvalue weighted by Gasteiger charge is 2.38. The number of carbonyl (C=O) groups excluding carboxylic acids is 1. The van der Waals surface area contributed by atoms with Gasteiger partial charge in [0.25, 0.3) is 0 Å². The summed E-state index contributed by atoms with van der Waals surface area (Å²) in [5.41, 5.74) is 4.88. The minimum Gasteiger partial charge on any atom is -0.435 e. The predicted molar refractivity (Wildman–Crippen MR) is 148 cm³/mol. The first-order valence-corrected chi connectivity index (χ1v) is 13.1. The average molecular weight is 545 g/mol. The molecule has 0 unspecified atom stereocenters. The minimum absolute atomic E-state index is 0.0521. The Labute approximate surface area is 231 Å². The van der Waals surface area contributed by atoms with Gasteiger partial charge >= 0.3 is 12.6 Å². The Balaban J connectivity index is 1.28. The van der Waals surface area contributed by atoms with Crippen LogP contribution in [-0.2, 0) is 6.42 Å². The summed E-state index contributed by atoms with van der Waals surface area (Å²) >= 11 is 0. The molecule has 1 atom stereocenters. The van der Waals surface area contributed by atoms with E-state index in [4.69, 9.17) is 5.26 Å². The Bertz CT molecular complexity index is 1480. The van der Waals surface area contributed by atoms with Gasteiger partial charge in [0.05, 0.1) is 28.9 Å². The zero-order valence-corrected chi connectivity index (χ0v) is 22.6. The smallest absolute Gasteiger partial charge is 0.387 e. The number of urea groups is 1. The van der Waals surface area contributed by atoms with Crippen LogP contribution in [0.4, 0.5) is 19.4 Å². The summed E-state index contributed by atoms with van der Waals surface area (Å²) in [5, 5.41) is 12.1. The van der Waals surface area contributed by atoms with Gasteiger partial charge in [0.15, 0.2) is 0 Å². The molecule has 5 rings (SSSR count). The lowest BCUT2D eigenvalue weighted by molar-refractivity contribution is -0.0499. The van der Waals surface area contributed by atoms with E-state index in [0.29, 0.717) is 37.2 Å². The highest BCUT2D eigenvalue weighted by Crippen LogP contribution is 2.36. The highest BCUT2D eigenvalue weighted by atomic mass is 19.3. The lowest BCUT2D eigenvalue weighted by Gasteiger charge is -2.47.